The molecule has 0 saturated carbocycles. The highest BCUT2D eigenvalue weighted by Crippen LogP contribution is 2.27. The Morgan fingerprint density at radius 3 is 3.05 bits per heavy atom. The number of pyridine rings is 1. The number of aryl methyl sites for hydroxylation is 1. The summed E-state index contributed by atoms with van der Waals surface area (Å²) < 4.78 is 4.99. The van der Waals surface area contributed by atoms with Crippen LogP contribution < -0.4 is 0 Å². The number of ketones is 1. The molecule has 0 unspecified atom stereocenters. The molecule has 0 amide bonds. The second-order valence-corrected chi connectivity index (χ2v) is 5.70. The molecule has 1 aliphatic carbocycles. The van der Waals surface area contributed by atoms with E-state index in [2.05, 4.69) is 4.98 Å². The number of nitriles is 1. The van der Waals surface area contributed by atoms with E-state index in [1.165, 1.54) is 11.8 Å². The molecule has 6 heteroatoms. The van der Waals surface area contributed by atoms with Gasteiger partial charge in [-0.3, -0.25) is 9.59 Å². The lowest BCUT2D eigenvalue weighted by molar-refractivity contribution is -0.140. The lowest BCUT2D eigenvalue weighted by Crippen LogP contribution is -2.14. The molecule has 0 fully saturated rings. The fourth-order valence-electron chi connectivity index (χ4n) is 2.09. The summed E-state index contributed by atoms with van der Waals surface area (Å²) in [5, 5.41) is 9.68. The summed E-state index contributed by atoms with van der Waals surface area (Å²) >= 11 is 1.18. The van der Waals surface area contributed by atoms with Crippen LogP contribution in [0.15, 0.2) is 11.1 Å². The Kier molecular flexibility index (Phi) is 5.34. The third kappa shape index (κ3) is 3.82. The average Bonchev–Trinajstić information content (AvgIpc) is 2.50. The Balaban J connectivity index is 2.14. The first-order valence-corrected chi connectivity index (χ1v) is 7.90. The molecule has 0 spiro atoms. The van der Waals surface area contributed by atoms with E-state index in [0.717, 1.165) is 25.0 Å². The summed E-state index contributed by atoms with van der Waals surface area (Å²) in [5.74, 6) is -0.158. The molecule has 0 N–H and O–H groups in total. The summed E-state index contributed by atoms with van der Waals surface area (Å²) in [6.07, 6.45) is 2.81. The van der Waals surface area contributed by atoms with Crippen molar-refractivity contribution in [1.29, 1.82) is 5.26 Å². The zero-order valence-electron chi connectivity index (χ0n) is 11.8. The molecule has 0 saturated heterocycles. The van der Waals surface area contributed by atoms with Crippen LogP contribution in [0.25, 0.3) is 0 Å². The van der Waals surface area contributed by atoms with Gasteiger partial charge in [0.15, 0.2) is 5.78 Å². The van der Waals surface area contributed by atoms with Crippen molar-refractivity contribution in [2.45, 2.75) is 37.6 Å². The molecule has 110 valence electrons. The molecule has 1 heterocycles. The van der Waals surface area contributed by atoms with Crippen LogP contribution in [0, 0.1) is 11.3 Å². The monoisotopic (exact) mass is 304 g/mol. The van der Waals surface area contributed by atoms with Gasteiger partial charge in [-0.05, 0) is 25.3 Å². The molecule has 1 aromatic heterocycles. The number of ether oxygens (including phenoxy) is 1. The first-order valence-electron chi connectivity index (χ1n) is 6.91. The summed E-state index contributed by atoms with van der Waals surface area (Å²) in [5.41, 5.74) is 1.63. The average molecular weight is 304 g/mol. The lowest BCUT2D eigenvalue weighted by atomic mass is 9.94. The number of rotatable bonds is 5. The summed E-state index contributed by atoms with van der Waals surface area (Å²) in [4.78, 5) is 27.7. The number of Topliss-reactive ketones (excluding diaryl/α,β-unsaturated/α-hetero) is 1. The van der Waals surface area contributed by atoms with Crippen molar-refractivity contribution in [3.63, 3.8) is 0 Å². The molecule has 0 bridgehead atoms. The number of hydrogen-bond acceptors (Lipinski definition) is 6. The minimum absolute atomic E-state index is 0.0409. The van der Waals surface area contributed by atoms with Gasteiger partial charge >= 0.3 is 5.97 Å². The minimum Gasteiger partial charge on any atom is -0.465 e. The molecule has 1 aliphatic rings. The van der Waals surface area contributed by atoms with Crippen LogP contribution in [0.5, 0.6) is 0 Å². The van der Waals surface area contributed by atoms with E-state index in [0.29, 0.717) is 29.2 Å². The smallest absolute Gasteiger partial charge is 0.316 e. The highest BCUT2D eigenvalue weighted by Gasteiger charge is 2.21. The number of aromatic nitrogens is 1. The topological polar surface area (TPSA) is 80.0 Å². The Labute approximate surface area is 127 Å². The highest BCUT2D eigenvalue weighted by atomic mass is 32.2. The maximum atomic E-state index is 11.8. The highest BCUT2D eigenvalue weighted by molar-refractivity contribution is 7.99. The largest absolute Gasteiger partial charge is 0.465 e. The first kappa shape index (κ1) is 15.5. The SMILES string of the molecule is CCCOC(=O)CSc1nc2c(cc1C#N)C(=O)CCC2. The molecule has 2 rings (SSSR count). The molecule has 0 aromatic carbocycles. The van der Waals surface area contributed by atoms with Crippen LogP contribution in [-0.4, -0.2) is 29.1 Å². The number of thioether (sulfide) groups is 1. The van der Waals surface area contributed by atoms with Gasteiger partial charge in [0.25, 0.3) is 0 Å². The van der Waals surface area contributed by atoms with Crippen LogP contribution >= 0.6 is 11.8 Å². The molecule has 0 radical (unpaired) electrons. The van der Waals surface area contributed by atoms with Gasteiger partial charge in [-0.2, -0.15) is 5.26 Å². The Morgan fingerprint density at radius 1 is 1.52 bits per heavy atom. The van der Waals surface area contributed by atoms with E-state index in [4.69, 9.17) is 4.74 Å². The van der Waals surface area contributed by atoms with E-state index in [9.17, 15) is 14.9 Å². The molecule has 5 nitrogen and oxygen atoms in total. The second-order valence-electron chi connectivity index (χ2n) is 4.73. The Morgan fingerprint density at radius 2 is 2.33 bits per heavy atom. The van der Waals surface area contributed by atoms with E-state index >= 15 is 0 Å². The normalized spacial score (nSPS) is 13.4. The molecule has 21 heavy (non-hydrogen) atoms. The third-order valence-electron chi connectivity index (χ3n) is 3.10. The molecule has 0 aliphatic heterocycles. The van der Waals surface area contributed by atoms with Gasteiger partial charge in [0, 0.05) is 12.0 Å². The maximum Gasteiger partial charge on any atom is 0.316 e. The fourth-order valence-corrected chi connectivity index (χ4v) is 2.86. The predicted molar refractivity (Wildman–Crippen MR) is 78.2 cm³/mol. The lowest BCUT2D eigenvalue weighted by Gasteiger charge is -2.15. The van der Waals surface area contributed by atoms with Crippen molar-refractivity contribution >= 4 is 23.5 Å². The van der Waals surface area contributed by atoms with Crippen LogP contribution in [0.3, 0.4) is 0 Å². The van der Waals surface area contributed by atoms with Crippen molar-refractivity contribution in [3.8, 4) is 6.07 Å². The number of esters is 1. The minimum atomic E-state index is -0.318. The number of carbonyl (C=O) groups is 2. The molecular formula is C15H16N2O3S. The van der Waals surface area contributed by atoms with Crippen molar-refractivity contribution in [3.05, 3.63) is 22.9 Å². The van der Waals surface area contributed by atoms with Gasteiger partial charge < -0.3 is 4.74 Å². The fraction of sp³-hybridized carbons (Fsp3) is 0.467. The summed E-state index contributed by atoms with van der Waals surface area (Å²) in [7, 11) is 0. The predicted octanol–water partition coefficient (Wildman–Crippen LogP) is 2.52. The van der Waals surface area contributed by atoms with E-state index in [1.807, 2.05) is 13.0 Å². The third-order valence-corrected chi connectivity index (χ3v) is 4.06. The first-order chi connectivity index (χ1) is 10.2. The van der Waals surface area contributed by atoms with Crippen molar-refractivity contribution < 1.29 is 14.3 Å². The molecule has 0 atom stereocenters. The van der Waals surface area contributed by atoms with Gasteiger partial charge in [0.05, 0.1) is 23.6 Å². The van der Waals surface area contributed by atoms with Crippen LogP contribution in [0.1, 0.15) is 47.8 Å². The number of carbonyl (C=O) groups excluding carboxylic acids is 2. The van der Waals surface area contributed by atoms with Gasteiger partial charge in [-0.25, -0.2) is 4.98 Å². The van der Waals surface area contributed by atoms with E-state index in [-0.39, 0.29) is 17.5 Å². The number of nitrogens with zero attached hydrogens (tertiary/aromatic N) is 2. The van der Waals surface area contributed by atoms with Gasteiger partial charge in [0.1, 0.15) is 11.1 Å². The van der Waals surface area contributed by atoms with Gasteiger partial charge in [-0.1, -0.05) is 18.7 Å². The summed E-state index contributed by atoms with van der Waals surface area (Å²) in [6, 6.07) is 3.65. The van der Waals surface area contributed by atoms with Crippen LogP contribution in [0.2, 0.25) is 0 Å². The van der Waals surface area contributed by atoms with Gasteiger partial charge in [-0.15, -0.1) is 0 Å². The van der Waals surface area contributed by atoms with E-state index < -0.39 is 0 Å². The van der Waals surface area contributed by atoms with E-state index in [1.54, 1.807) is 6.07 Å². The second kappa shape index (κ2) is 7.23. The summed E-state index contributed by atoms with van der Waals surface area (Å²) in [6.45, 7) is 2.33. The van der Waals surface area contributed by atoms with Crippen molar-refractivity contribution in [2.24, 2.45) is 0 Å². The Bertz CT molecular complexity index is 608. The zero-order chi connectivity index (χ0) is 15.2. The van der Waals surface area contributed by atoms with Crippen LogP contribution in [-0.2, 0) is 16.0 Å². The van der Waals surface area contributed by atoms with Crippen molar-refractivity contribution in [2.75, 3.05) is 12.4 Å². The molecular weight excluding hydrogens is 288 g/mol. The zero-order valence-corrected chi connectivity index (χ0v) is 12.7. The quantitative estimate of drug-likeness (QED) is 0.614. The van der Waals surface area contributed by atoms with Crippen LogP contribution in [0.4, 0.5) is 0 Å². The number of hydrogen-bond donors (Lipinski definition) is 0. The maximum absolute atomic E-state index is 11.8. The van der Waals surface area contributed by atoms with Gasteiger partial charge in [0.2, 0.25) is 0 Å². The Hall–Kier alpha value is -1.87. The molecule has 1 aromatic rings. The number of fused-ring (bicyclic) bond motifs is 1. The van der Waals surface area contributed by atoms with Crippen molar-refractivity contribution in [1.82, 2.24) is 4.98 Å². The standard InChI is InChI=1S/C15H16N2O3S/c1-2-6-20-14(19)9-21-15-10(8-16)7-11-12(17-15)4-3-5-13(11)18/h7H,2-6,9H2,1H3.